The molecular formula is C22H21FO4. The summed E-state index contributed by atoms with van der Waals surface area (Å²) in [6, 6.07) is 13.7. The molecule has 0 aliphatic heterocycles. The second-order valence-electron chi connectivity index (χ2n) is 7.06. The fraction of sp³-hybridized carbons (Fsp3) is 0.318. The van der Waals surface area contributed by atoms with Crippen molar-refractivity contribution in [3.63, 3.8) is 0 Å². The van der Waals surface area contributed by atoms with Crippen molar-refractivity contribution in [2.45, 2.75) is 37.0 Å². The molecule has 5 heteroatoms. The van der Waals surface area contributed by atoms with E-state index in [1.807, 2.05) is 0 Å². The van der Waals surface area contributed by atoms with Crippen LogP contribution in [-0.4, -0.2) is 23.1 Å². The lowest BCUT2D eigenvalue weighted by atomic mass is 9.63. The first-order valence-corrected chi connectivity index (χ1v) is 9.01. The van der Waals surface area contributed by atoms with Crippen molar-refractivity contribution in [3.8, 4) is 0 Å². The first-order valence-electron chi connectivity index (χ1n) is 9.01. The number of halogens is 1. The molecule has 2 aromatic rings. The van der Waals surface area contributed by atoms with Crippen LogP contribution in [-0.2, 0) is 19.8 Å². The van der Waals surface area contributed by atoms with Crippen LogP contribution in [0, 0.1) is 11.7 Å². The molecule has 0 amide bonds. The molecular weight excluding hydrogens is 347 g/mol. The molecule has 1 fully saturated rings. The Balaban J connectivity index is 2.20. The second-order valence-corrected chi connectivity index (χ2v) is 7.06. The van der Waals surface area contributed by atoms with Crippen LogP contribution in [0.15, 0.2) is 54.6 Å². The predicted octanol–water partition coefficient (Wildman–Crippen LogP) is 3.89. The molecule has 0 radical (unpaired) electrons. The number of Topliss-reactive ketones (excluding diaryl/α,β-unsaturated/α-hetero) is 1. The highest BCUT2D eigenvalue weighted by atomic mass is 19.1. The molecule has 3 rings (SSSR count). The molecule has 2 atom stereocenters. The van der Waals surface area contributed by atoms with E-state index in [2.05, 4.69) is 0 Å². The number of carbonyl (C=O) groups excluding carboxylic acids is 2. The molecule has 0 saturated heterocycles. The molecule has 4 nitrogen and oxygen atoms in total. The van der Waals surface area contributed by atoms with Crippen molar-refractivity contribution >= 4 is 18.0 Å². The van der Waals surface area contributed by atoms with Gasteiger partial charge < -0.3 is 9.90 Å². The second kappa shape index (κ2) is 7.82. The number of carboxylic acids is 1. The van der Waals surface area contributed by atoms with Gasteiger partial charge in [0, 0.05) is 18.8 Å². The van der Waals surface area contributed by atoms with Crippen molar-refractivity contribution < 1.29 is 23.9 Å². The normalized spacial score (nSPS) is 16.9. The number of carbonyl (C=O) groups is 3. The summed E-state index contributed by atoms with van der Waals surface area (Å²) in [5, 5.41) is 10.3. The lowest BCUT2D eigenvalue weighted by molar-refractivity contribution is -0.150. The fourth-order valence-corrected chi connectivity index (χ4v) is 3.75. The summed E-state index contributed by atoms with van der Waals surface area (Å²) in [6.07, 6.45) is 2.45. The Hall–Kier alpha value is -2.82. The van der Waals surface area contributed by atoms with Gasteiger partial charge in [0.05, 0.1) is 0 Å². The zero-order valence-electron chi connectivity index (χ0n) is 14.8. The van der Waals surface area contributed by atoms with Crippen LogP contribution in [0.1, 0.15) is 42.7 Å². The lowest BCUT2D eigenvalue weighted by Gasteiger charge is -2.36. The van der Waals surface area contributed by atoms with Crippen LogP contribution < -0.4 is 0 Å². The van der Waals surface area contributed by atoms with Crippen molar-refractivity contribution in [3.05, 3.63) is 71.5 Å². The maximum absolute atomic E-state index is 13.4. The number of benzene rings is 2. The van der Waals surface area contributed by atoms with Gasteiger partial charge in [0.15, 0.2) is 11.2 Å². The zero-order valence-corrected chi connectivity index (χ0v) is 14.8. The maximum Gasteiger partial charge on any atom is 0.322 e. The number of aliphatic carboxylic acids is 1. The minimum Gasteiger partial charge on any atom is -0.480 e. The third-order valence-corrected chi connectivity index (χ3v) is 5.30. The molecule has 1 saturated carbocycles. The molecule has 0 aromatic heterocycles. The summed E-state index contributed by atoms with van der Waals surface area (Å²) in [5.74, 6) is -2.87. The molecule has 0 heterocycles. The van der Waals surface area contributed by atoms with Gasteiger partial charge in [-0.2, -0.15) is 0 Å². The van der Waals surface area contributed by atoms with Gasteiger partial charge >= 0.3 is 5.97 Å². The summed E-state index contributed by atoms with van der Waals surface area (Å²) < 4.78 is 13.4. The zero-order chi connectivity index (χ0) is 19.4. The van der Waals surface area contributed by atoms with Crippen LogP contribution >= 0.6 is 0 Å². The molecule has 140 valence electrons. The average Bonchev–Trinajstić information content (AvgIpc) is 3.47. The van der Waals surface area contributed by atoms with Crippen LogP contribution in [0.3, 0.4) is 0 Å². The van der Waals surface area contributed by atoms with Crippen molar-refractivity contribution in [1.82, 2.24) is 0 Å². The van der Waals surface area contributed by atoms with E-state index in [4.69, 9.17) is 0 Å². The molecule has 1 N–H and O–H groups in total. The molecule has 0 bridgehead atoms. The number of ketones is 1. The van der Waals surface area contributed by atoms with Crippen LogP contribution in [0.25, 0.3) is 0 Å². The van der Waals surface area contributed by atoms with Gasteiger partial charge in [0.2, 0.25) is 0 Å². The Labute approximate surface area is 157 Å². The van der Waals surface area contributed by atoms with E-state index >= 15 is 0 Å². The van der Waals surface area contributed by atoms with E-state index < -0.39 is 28.9 Å². The van der Waals surface area contributed by atoms with E-state index in [9.17, 15) is 23.9 Å². The van der Waals surface area contributed by atoms with Crippen molar-refractivity contribution in [1.29, 1.82) is 0 Å². The van der Waals surface area contributed by atoms with Gasteiger partial charge in [0.1, 0.15) is 12.1 Å². The van der Waals surface area contributed by atoms with Crippen LogP contribution in [0.5, 0.6) is 0 Å². The van der Waals surface area contributed by atoms with Crippen LogP contribution in [0.2, 0.25) is 0 Å². The lowest BCUT2D eigenvalue weighted by Crippen LogP contribution is -2.49. The Morgan fingerprint density at radius 2 is 1.74 bits per heavy atom. The summed E-state index contributed by atoms with van der Waals surface area (Å²) in [6.45, 7) is 0. The summed E-state index contributed by atoms with van der Waals surface area (Å²) in [7, 11) is 0. The monoisotopic (exact) mass is 368 g/mol. The smallest absolute Gasteiger partial charge is 0.322 e. The van der Waals surface area contributed by atoms with Crippen LogP contribution in [0.4, 0.5) is 4.39 Å². The predicted molar refractivity (Wildman–Crippen MR) is 97.9 cm³/mol. The van der Waals surface area contributed by atoms with Gasteiger partial charge in [-0.15, -0.1) is 0 Å². The third-order valence-electron chi connectivity index (χ3n) is 5.30. The Morgan fingerprint density at radius 1 is 1.11 bits per heavy atom. The highest BCUT2D eigenvalue weighted by Gasteiger charge is 2.54. The summed E-state index contributed by atoms with van der Waals surface area (Å²) in [4.78, 5) is 37.4. The first-order chi connectivity index (χ1) is 13.0. The van der Waals surface area contributed by atoms with Crippen molar-refractivity contribution in [2.75, 3.05) is 0 Å². The highest BCUT2D eigenvalue weighted by Crippen LogP contribution is 2.46. The quantitative estimate of drug-likeness (QED) is 0.538. The number of rotatable bonds is 9. The molecule has 1 aliphatic rings. The summed E-state index contributed by atoms with van der Waals surface area (Å²) >= 11 is 0. The molecule has 2 unspecified atom stereocenters. The minimum atomic E-state index is -1.89. The van der Waals surface area contributed by atoms with E-state index in [-0.39, 0.29) is 18.8 Å². The van der Waals surface area contributed by atoms with Gasteiger partial charge in [-0.25, -0.2) is 4.39 Å². The molecule has 2 aromatic carbocycles. The minimum absolute atomic E-state index is 0.150. The number of aldehydes is 1. The van der Waals surface area contributed by atoms with E-state index in [1.54, 1.807) is 30.3 Å². The van der Waals surface area contributed by atoms with Crippen molar-refractivity contribution in [2.24, 2.45) is 5.92 Å². The van der Waals surface area contributed by atoms with Gasteiger partial charge in [-0.1, -0.05) is 42.5 Å². The first kappa shape index (κ1) is 19.0. The maximum atomic E-state index is 13.4. The topological polar surface area (TPSA) is 71.4 Å². The standard InChI is InChI=1S/C22H21FO4/c23-18-10-8-16(9-11-18)19(12-13-24)22(21(26)27,17-4-2-1-3-5-17)20(25)14-15-6-7-15/h1-5,8-11,13,15,19H,6-7,12,14H2,(H,26,27). The number of hydrogen-bond acceptors (Lipinski definition) is 3. The Kier molecular flexibility index (Phi) is 5.49. The largest absolute Gasteiger partial charge is 0.480 e. The average molecular weight is 368 g/mol. The molecule has 27 heavy (non-hydrogen) atoms. The molecule has 1 aliphatic carbocycles. The summed E-state index contributed by atoms with van der Waals surface area (Å²) in [5.41, 5.74) is -1.08. The van der Waals surface area contributed by atoms with Gasteiger partial charge in [-0.05, 0) is 42.0 Å². The van der Waals surface area contributed by atoms with Gasteiger partial charge in [-0.3, -0.25) is 9.59 Å². The number of carboxylic acid groups (broad SMARTS) is 1. The SMILES string of the molecule is O=CCC(c1ccc(F)cc1)C(C(=O)O)(C(=O)CC1CC1)c1ccccc1. The Bertz CT molecular complexity index is 827. The van der Waals surface area contributed by atoms with E-state index in [0.717, 1.165) is 12.8 Å². The highest BCUT2D eigenvalue weighted by molar-refractivity contribution is 6.10. The third kappa shape index (κ3) is 3.68. The van der Waals surface area contributed by atoms with E-state index in [0.29, 0.717) is 17.4 Å². The fourth-order valence-electron chi connectivity index (χ4n) is 3.75. The molecule has 0 spiro atoms. The van der Waals surface area contributed by atoms with Gasteiger partial charge in [0.25, 0.3) is 0 Å². The Morgan fingerprint density at radius 3 is 2.26 bits per heavy atom. The number of hydrogen-bond donors (Lipinski definition) is 1. The van der Waals surface area contributed by atoms with E-state index in [1.165, 1.54) is 24.3 Å².